The predicted octanol–water partition coefficient (Wildman–Crippen LogP) is 2.93. The van der Waals surface area contributed by atoms with E-state index in [-0.39, 0.29) is 0 Å². The van der Waals surface area contributed by atoms with Gasteiger partial charge in [-0.3, -0.25) is 4.99 Å². The Kier molecular flexibility index (Phi) is 2.26. The summed E-state index contributed by atoms with van der Waals surface area (Å²) < 4.78 is 0. The zero-order chi connectivity index (χ0) is 9.10. The standard InChI is InChI=1S/C12H13N/c1-2-5-12-11-7-4-3-6-10(11)8-9-13-12/h2-4,6-7,9,12H,1,5,8H2. The fraction of sp³-hybridized carbons (Fsp3) is 0.250. The topological polar surface area (TPSA) is 12.4 Å². The Hall–Kier alpha value is -1.37. The molecule has 0 saturated heterocycles. The van der Waals surface area contributed by atoms with Gasteiger partial charge >= 0.3 is 0 Å². The van der Waals surface area contributed by atoms with E-state index in [1.807, 2.05) is 12.3 Å². The molecule has 66 valence electrons. The summed E-state index contributed by atoms with van der Waals surface area (Å²) in [5.41, 5.74) is 2.77. The molecule has 13 heavy (non-hydrogen) atoms. The minimum atomic E-state index is 0.308. The van der Waals surface area contributed by atoms with Crippen LogP contribution in [0.2, 0.25) is 0 Å². The molecule has 1 unspecified atom stereocenters. The van der Waals surface area contributed by atoms with Crippen LogP contribution in [-0.2, 0) is 6.42 Å². The van der Waals surface area contributed by atoms with E-state index in [0.29, 0.717) is 6.04 Å². The first-order valence-corrected chi connectivity index (χ1v) is 4.62. The van der Waals surface area contributed by atoms with Crippen LogP contribution in [0.15, 0.2) is 41.9 Å². The van der Waals surface area contributed by atoms with Crippen molar-refractivity contribution < 1.29 is 0 Å². The molecular weight excluding hydrogens is 158 g/mol. The van der Waals surface area contributed by atoms with Gasteiger partial charge < -0.3 is 0 Å². The maximum Gasteiger partial charge on any atom is 0.0782 e. The van der Waals surface area contributed by atoms with Crippen molar-refractivity contribution in [3.8, 4) is 0 Å². The monoisotopic (exact) mass is 171 g/mol. The van der Waals surface area contributed by atoms with Crippen molar-refractivity contribution in [2.24, 2.45) is 4.99 Å². The molecule has 1 aromatic rings. The molecule has 1 heterocycles. The molecule has 0 amide bonds. The van der Waals surface area contributed by atoms with E-state index in [2.05, 4.69) is 35.8 Å². The lowest BCUT2D eigenvalue weighted by Gasteiger charge is -2.18. The summed E-state index contributed by atoms with van der Waals surface area (Å²) in [6.07, 6.45) is 5.86. The first-order valence-electron chi connectivity index (χ1n) is 4.62. The van der Waals surface area contributed by atoms with Crippen LogP contribution in [0.4, 0.5) is 0 Å². The average Bonchev–Trinajstić information content (AvgIpc) is 2.19. The number of benzene rings is 1. The Bertz CT molecular complexity index is 339. The molecule has 0 N–H and O–H groups in total. The first-order chi connectivity index (χ1) is 6.42. The third kappa shape index (κ3) is 1.55. The third-order valence-corrected chi connectivity index (χ3v) is 2.40. The second-order valence-corrected chi connectivity index (χ2v) is 3.27. The summed E-state index contributed by atoms with van der Waals surface area (Å²) >= 11 is 0. The van der Waals surface area contributed by atoms with Crippen molar-refractivity contribution in [2.75, 3.05) is 0 Å². The Morgan fingerprint density at radius 1 is 1.46 bits per heavy atom. The molecule has 0 aliphatic carbocycles. The van der Waals surface area contributed by atoms with Crippen molar-refractivity contribution >= 4 is 6.21 Å². The van der Waals surface area contributed by atoms with Gasteiger partial charge in [-0.25, -0.2) is 0 Å². The Morgan fingerprint density at radius 2 is 2.31 bits per heavy atom. The van der Waals surface area contributed by atoms with Crippen molar-refractivity contribution in [1.82, 2.24) is 0 Å². The number of nitrogens with zero attached hydrogens (tertiary/aromatic N) is 1. The number of aliphatic imine (C=N–C) groups is 1. The van der Waals surface area contributed by atoms with Gasteiger partial charge in [-0.15, -0.1) is 6.58 Å². The van der Waals surface area contributed by atoms with Crippen molar-refractivity contribution in [1.29, 1.82) is 0 Å². The van der Waals surface area contributed by atoms with E-state index >= 15 is 0 Å². The van der Waals surface area contributed by atoms with Crippen LogP contribution in [0, 0.1) is 0 Å². The third-order valence-electron chi connectivity index (χ3n) is 2.40. The normalized spacial score (nSPS) is 19.5. The minimum absolute atomic E-state index is 0.308. The molecule has 0 fully saturated rings. The van der Waals surface area contributed by atoms with Crippen LogP contribution in [0.5, 0.6) is 0 Å². The van der Waals surface area contributed by atoms with Crippen LogP contribution >= 0.6 is 0 Å². The average molecular weight is 171 g/mol. The summed E-state index contributed by atoms with van der Waals surface area (Å²) in [6.45, 7) is 3.75. The van der Waals surface area contributed by atoms with Crippen LogP contribution in [0.25, 0.3) is 0 Å². The maximum absolute atomic E-state index is 4.46. The van der Waals surface area contributed by atoms with Gasteiger partial charge in [0, 0.05) is 12.6 Å². The second kappa shape index (κ2) is 3.56. The molecule has 1 aliphatic rings. The van der Waals surface area contributed by atoms with E-state index in [0.717, 1.165) is 12.8 Å². The van der Waals surface area contributed by atoms with Gasteiger partial charge in [-0.2, -0.15) is 0 Å². The number of hydrogen-bond donors (Lipinski definition) is 0. The van der Waals surface area contributed by atoms with Gasteiger partial charge in [0.2, 0.25) is 0 Å². The summed E-state index contributed by atoms with van der Waals surface area (Å²) in [5, 5.41) is 0. The van der Waals surface area contributed by atoms with Gasteiger partial charge in [0.25, 0.3) is 0 Å². The molecule has 1 nitrogen and oxygen atoms in total. The molecule has 2 rings (SSSR count). The zero-order valence-corrected chi connectivity index (χ0v) is 7.61. The number of rotatable bonds is 2. The molecular formula is C12H13N. The van der Waals surface area contributed by atoms with Gasteiger partial charge in [0.15, 0.2) is 0 Å². The maximum atomic E-state index is 4.46. The summed E-state index contributed by atoms with van der Waals surface area (Å²) in [4.78, 5) is 4.46. The van der Waals surface area contributed by atoms with E-state index in [1.54, 1.807) is 0 Å². The summed E-state index contributed by atoms with van der Waals surface area (Å²) in [5.74, 6) is 0. The van der Waals surface area contributed by atoms with E-state index in [4.69, 9.17) is 0 Å². The lowest BCUT2D eigenvalue weighted by atomic mass is 9.94. The smallest absolute Gasteiger partial charge is 0.0782 e. The lowest BCUT2D eigenvalue weighted by molar-refractivity contribution is 0.726. The zero-order valence-electron chi connectivity index (χ0n) is 7.61. The summed E-state index contributed by atoms with van der Waals surface area (Å²) in [7, 11) is 0. The fourth-order valence-electron chi connectivity index (χ4n) is 1.75. The van der Waals surface area contributed by atoms with E-state index < -0.39 is 0 Å². The highest BCUT2D eigenvalue weighted by atomic mass is 14.8. The molecule has 0 bridgehead atoms. The first kappa shape index (κ1) is 8.24. The van der Waals surface area contributed by atoms with Gasteiger partial charge in [0.1, 0.15) is 0 Å². The minimum Gasteiger partial charge on any atom is -0.289 e. The van der Waals surface area contributed by atoms with E-state index in [1.165, 1.54) is 11.1 Å². The van der Waals surface area contributed by atoms with Crippen LogP contribution in [-0.4, -0.2) is 6.21 Å². The highest BCUT2D eigenvalue weighted by Crippen LogP contribution is 2.27. The SMILES string of the molecule is C=CCC1N=CCc2ccccc21. The second-order valence-electron chi connectivity index (χ2n) is 3.27. The largest absolute Gasteiger partial charge is 0.289 e. The quantitative estimate of drug-likeness (QED) is 0.607. The molecule has 0 radical (unpaired) electrons. The molecule has 0 saturated carbocycles. The Labute approximate surface area is 78.8 Å². The molecule has 0 spiro atoms. The number of hydrogen-bond acceptors (Lipinski definition) is 1. The van der Waals surface area contributed by atoms with Gasteiger partial charge in [-0.1, -0.05) is 30.3 Å². The molecule has 0 aromatic heterocycles. The number of fused-ring (bicyclic) bond motifs is 1. The highest BCUT2D eigenvalue weighted by Gasteiger charge is 2.14. The lowest BCUT2D eigenvalue weighted by Crippen LogP contribution is -2.06. The Balaban J connectivity index is 2.36. The van der Waals surface area contributed by atoms with E-state index in [9.17, 15) is 0 Å². The van der Waals surface area contributed by atoms with Gasteiger partial charge in [-0.05, 0) is 17.5 Å². The molecule has 1 atom stereocenters. The van der Waals surface area contributed by atoms with Crippen LogP contribution < -0.4 is 0 Å². The fourth-order valence-corrected chi connectivity index (χ4v) is 1.75. The van der Waals surface area contributed by atoms with Crippen LogP contribution in [0.1, 0.15) is 23.6 Å². The van der Waals surface area contributed by atoms with Crippen LogP contribution in [0.3, 0.4) is 0 Å². The highest BCUT2D eigenvalue weighted by molar-refractivity contribution is 5.65. The molecule has 1 aromatic carbocycles. The van der Waals surface area contributed by atoms with Gasteiger partial charge in [0.05, 0.1) is 6.04 Å². The van der Waals surface area contributed by atoms with Crippen molar-refractivity contribution in [3.05, 3.63) is 48.0 Å². The van der Waals surface area contributed by atoms with Crippen molar-refractivity contribution in [3.63, 3.8) is 0 Å². The Morgan fingerprint density at radius 3 is 3.15 bits per heavy atom. The summed E-state index contributed by atoms with van der Waals surface area (Å²) in [6, 6.07) is 8.82. The predicted molar refractivity (Wildman–Crippen MR) is 56.2 cm³/mol. The van der Waals surface area contributed by atoms with Crippen molar-refractivity contribution in [2.45, 2.75) is 18.9 Å². The molecule has 1 aliphatic heterocycles. The molecule has 1 heteroatoms.